The normalized spacial score (nSPS) is 21.6. The van der Waals surface area contributed by atoms with Gasteiger partial charge in [-0.15, -0.1) is 0 Å². The van der Waals surface area contributed by atoms with E-state index in [9.17, 15) is 14.4 Å². The largest absolute Gasteiger partial charge is 0.469 e. The fourth-order valence-electron chi connectivity index (χ4n) is 0.853. The van der Waals surface area contributed by atoms with Crippen LogP contribution in [0.1, 0.15) is 6.42 Å². The summed E-state index contributed by atoms with van der Waals surface area (Å²) in [4.78, 5) is 32.0. The minimum Gasteiger partial charge on any atom is -0.469 e. The van der Waals surface area contributed by atoms with Crippen molar-refractivity contribution in [1.29, 1.82) is 0 Å². The molecule has 0 spiro atoms. The summed E-state index contributed by atoms with van der Waals surface area (Å²) in [5.74, 6) is -1.03. The lowest BCUT2D eigenvalue weighted by Gasteiger charge is -2.03. The molecule has 0 unspecified atom stereocenters. The Morgan fingerprint density at radius 1 is 1.58 bits per heavy atom. The van der Waals surface area contributed by atoms with Crippen LogP contribution in [0.15, 0.2) is 0 Å². The fourth-order valence-corrected chi connectivity index (χ4v) is 0.853. The Morgan fingerprint density at radius 2 is 2.25 bits per heavy atom. The van der Waals surface area contributed by atoms with Gasteiger partial charge >= 0.3 is 12.0 Å². The van der Waals surface area contributed by atoms with Crippen LogP contribution in [-0.2, 0) is 14.3 Å². The molecule has 1 rings (SSSR count). The third kappa shape index (κ3) is 1.71. The average molecular weight is 172 g/mol. The Bertz CT molecular complexity index is 238. The van der Waals surface area contributed by atoms with Crippen LogP contribution in [-0.4, -0.2) is 31.1 Å². The summed E-state index contributed by atoms with van der Waals surface area (Å²) in [5, 5.41) is 4.27. The molecule has 6 heteroatoms. The van der Waals surface area contributed by atoms with Crippen molar-refractivity contribution in [2.75, 3.05) is 7.11 Å². The van der Waals surface area contributed by atoms with E-state index in [0.717, 1.165) is 0 Å². The molecule has 0 aromatic rings. The number of carbonyl (C=O) groups is 3. The molecule has 12 heavy (non-hydrogen) atoms. The minimum atomic E-state index is -0.787. The lowest BCUT2D eigenvalue weighted by atomic mass is 10.2. The topological polar surface area (TPSA) is 84.5 Å². The molecule has 1 aliphatic rings. The van der Waals surface area contributed by atoms with E-state index in [0.29, 0.717) is 0 Å². The Morgan fingerprint density at radius 3 is 2.67 bits per heavy atom. The lowest BCUT2D eigenvalue weighted by Crippen LogP contribution is -2.31. The lowest BCUT2D eigenvalue weighted by molar-refractivity contribution is -0.142. The van der Waals surface area contributed by atoms with Crippen LogP contribution in [0.2, 0.25) is 0 Å². The zero-order valence-corrected chi connectivity index (χ0v) is 6.42. The molecule has 0 bridgehead atoms. The molecule has 1 atom stereocenters. The van der Waals surface area contributed by atoms with Crippen molar-refractivity contribution in [3.05, 3.63) is 0 Å². The summed E-state index contributed by atoms with van der Waals surface area (Å²) >= 11 is 0. The molecule has 0 aromatic carbocycles. The number of rotatable bonds is 2. The molecular weight excluding hydrogens is 164 g/mol. The van der Waals surface area contributed by atoms with Gasteiger partial charge < -0.3 is 10.1 Å². The first-order valence-electron chi connectivity index (χ1n) is 3.31. The van der Waals surface area contributed by atoms with Gasteiger partial charge in [0.1, 0.15) is 6.04 Å². The first-order chi connectivity index (χ1) is 5.63. The van der Waals surface area contributed by atoms with E-state index >= 15 is 0 Å². The van der Waals surface area contributed by atoms with Gasteiger partial charge in [0.15, 0.2) is 0 Å². The van der Waals surface area contributed by atoms with E-state index in [1.165, 1.54) is 7.11 Å². The fraction of sp³-hybridized carbons (Fsp3) is 0.500. The molecule has 1 heterocycles. The number of carbonyl (C=O) groups excluding carboxylic acids is 3. The molecule has 66 valence electrons. The number of esters is 1. The molecular formula is C6H8N2O4. The summed E-state index contributed by atoms with van der Waals surface area (Å²) in [7, 11) is 1.22. The number of amides is 3. The minimum absolute atomic E-state index is 0.131. The molecule has 1 fully saturated rings. The molecule has 6 nitrogen and oxygen atoms in total. The van der Waals surface area contributed by atoms with Crippen LogP contribution >= 0.6 is 0 Å². The van der Waals surface area contributed by atoms with Crippen LogP contribution in [0.3, 0.4) is 0 Å². The van der Waals surface area contributed by atoms with E-state index in [4.69, 9.17) is 0 Å². The van der Waals surface area contributed by atoms with Crippen molar-refractivity contribution in [2.45, 2.75) is 12.5 Å². The SMILES string of the molecule is COC(=O)C[C@@H]1NC(=O)NC1=O. The molecule has 0 saturated carbocycles. The van der Waals surface area contributed by atoms with Gasteiger partial charge in [0.25, 0.3) is 5.91 Å². The van der Waals surface area contributed by atoms with E-state index in [-0.39, 0.29) is 6.42 Å². The summed E-state index contributed by atoms with van der Waals surface area (Å²) in [6.45, 7) is 0. The second-order valence-electron chi connectivity index (χ2n) is 2.30. The molecule has 0 aliphatic carbocycles. The number of urea groups is 1. The van der Waals surface area contributed by atoms with Crippen LogP contribution in [0, 0.1) is 0 Å². The highest BCUT2D eigenvalue weighted by Gasteiger charge is 2.31. The molecule has 0 aromatic heterocycles. The monoisotopic (exact) mass is 172 g/mol. The number of hydrogen-bond acceptors (Lipinski definition) is 4. The van der Waals surface area contributed by atoms with Gasteiger partial charge in [-0.1, -0.05) is 0 Å². The highest BCUT2D eigenvalue weighted by molar-refractivity contribution is 6.05. The van der Waals surface area contributed by atoms with Crippen LogP contribution in [0.25, 0.3) is 0 Å². The molecule has 1 saturated heterocycles. The second kappa shape index (κ2) is 3.21. The Hall–Kier alpha value is -1.59. The zero-order chi connectivity index (χ0) is 9.14. The maximum Gasteiger partial charge on any atom is 0.322 e. The number of hydrogen-bond donors (Lipinski definition) is 2. The van der Waals surface area contributed by atoms with Crippen LogP contribution in [0.5, 0.6) is 0 Å². The molecule has 2 N–H and O–H groups in total. The zero-order valence-electron chi connectivity index (χ0n) is 6.42. The van der Waals surface area contributed by atoms with Crippen molar-refractivity contribution < 1.29 is 19.1 Å². The first-order valence-corrected chi connectivity index (χ1v) is 3.31. The summed E-state index contributed by atoms with van der Waals surface area (Å²) < 4.78 is 4.33. The van der Waals surface area contributed by atoms with Crippen molar-refractivity contribution in [3.8, 4) is 0 Å². The maximum atomic E-state index is 10.8. The average Bonchev–Trinajstić information content (AvgIpc) is 2.30. The van der Waals surface area contributed by atoms with Gasteiger partial charge in [0, 0.05) is 0 Å². The number of imide groups is 1. The summed E-state index contributed by atoms with van der Waals surface area (Å²) in [6, 6.07) is -1.36. The van der Waals surface area contributed by atoms with Crippen molar-refractivity contribution in [2.24, 2.45) is 0 Å². The van der Waals surface area contributed by atoms with E-state index in [2.05, 4.69) is 10.1 Å². The Labute approximate surface area is 68.3 Å². The quantitative estimate of drug-likeness (QED) is 0.403. The summed E-state index contributed by atoms with van der Waals surface area (Å²) in [6.07, 6.45) is -0.131. The molecule has 3 amide bonds. The smallest absolute Gasteiger partial charge is 0.322 e. The summed E-state index contributed by atoms with van der Waals surface area (Å²) in [5.41, 5.74) is 0. The van der Waals surface area contributed by atoms with Gasteiger partial charge in [-0.05, 0) is 0 Å². The van der Waals surface area contributed by atoms with E-state index in [1.807, 2.05) is 5.32 Å². The third-order valence-corrected chi connectivity index (χ3v) is 1.46. The molecule has 0 radical (unpaired) electrons. The van der Waals surface area contributed by atoms with Crippen molar-refractivity contribution in [1.82, 2.24) is 10.6 Å². The van der Waals surface area contributed by atoms with Gasteiger partial charge in [0.2, 0.25) is 0 Å². The van der Waals surface area contributed by atoms with Gasteiger partial charge in [0.05, 0.1) is 13.5 Å². The maximum absolute atomic E-state index is 10.8. The highest BCUT2D eigenvalue weighted by Crippen LogP contribution is 1.99. The van der Waals surface area contributed by atoms with Crippen molar-refractivity contribution >= 4 is 17.9 Å². The Kier molecular flexibility index (Phi) is 2.27. The Balaban J connectivity index is 2.48. The highest BCUT2D eigenvalue weighted by atomic mass is 16.5. The van der Waals surface area contributed by atoms with Gasteiger partial charge in [-0.25, -0.2) is 4.79 Å². The number of nitrogens with one attached hydrogen (secondary N) is 2. The predicted octanol–water partition coefficient (Wildman–Crippen LogP) is -1.24. The standard InChI is InChI=1S/C6H8N2O4/c1-12-4(9)2-3-5(10)8-6(11)7-3/h3H,2H2,1H3,(H2,7,8,10,11)/t3-/m0/s1. The van der Waals surface area contributed by atoms with Crippen LogP contribution < -0.4 is 10.6 Å². The van der Waals surface area contributed by atoms with E-state index in [1.54, 1.807) is 0 Å². The van der Waals surface area contributed by atoms with Gasteiger partial charge in [-0.2, -0.15) is 0 Å². The van der Waals surface area contributed by atoms with E-state index < -0.39 is 23.9 Å². The predicted molar refractivity (Wildman–Crippen MR) is 37.1 cm³/mol. The first kappa shape index (κ1) is 8.51. The second-order valence-corrected chi connectivity index (χ2v) is 2.30. The van der Waals surface area contributed by atoms with Gasteiger partial charge in [-0.3, -0.25) is 14.9 Å². The molecule has 1 aliphatic heterocycles. The third-order valence-electron chi connectivity index (χ3n) is 1.46. The van der Waals surface area contributed by atoms with Crippen LogP contribution in [0.4, 0.5) is 4.79 Å². The number of methoxy groups -OCH3 is 1. The van der Waals surface area contributed by atoms with Crippen molar-refractivity contribution in [3.63, 3.8) is 0 Å². The number of ether oxygens (including phenoxy) is 1.